The molecule has 1 fully saturated rings. The Kier molecular flexibility index (Phi) is 4.77. The number of alkyl halides is 3. The molecular weight excluding hydrogens is 415 g/mol. The van der Waals surface area contributed by atoms with E-state index in [1.807, 2.05) is 0 Å². The Hall–Kier alpha value is -2.99. The summed E-state index contributed by atoms with van der Waals surface area (Å²) in [5, 5.41) is 9.81. The summed E-state index contributed by atoms with van der Waals surface area (Å²) in [5.74, 6) is 0. The van der Waals surface area contributed by atoms with Gasteiger partial charge >= 0.3 is 6.18 Å². The van der Waals surface area contributed by atoms with Crippen molar-refractivity contribution in [2.24, 2.45) is 0 Å². The number of aromatic nitrogens is 1. The van der Waals surface area contributed by atoms with Crippen LogP contribution in [0.4, 0.5) is 18.9 Å². The van der Waals surface area contributed by atoms with Gasteiger partial charge in [-0.05, 0) is 49.6 Å². The number of aryl methyl sites for hydroxylation is 1. The standard InChI is InChI=1S/C21H18F3N3O2S/c1-2-27-19-11-14(21(22,23)24)5-10-17(19)18(12-25)20(27)13-3-6-15(7-4-13)26-30(28,29)16-8-9-16/h3-7,10-11,16,26H,2,8-9H2,1H3. The summed E-state index contributed by atoms with van der Waals surface area (Å²) in [7, 11) is -3.40. The molecule has 3 aromatic rings. The van der Waals surface area contributed by atoms with Crippen LogP contribution < -0.4 is 4.72 Å². The zero-order valence-electron chi connectivity index (χ0n) is 16.0. The lowest BCUT2D eigenvalue weighted by atomic mass is 10.0. The Labute approximate surface area is 171 Å². The van der Waals surface area contributed by atoms with Gasteiger partial charge in [-0.2, -0.15) is 18.4 Å². The monoisotopic (exact) mass is 433 g/mol. The molecule has 1 aromatic heterocycles. The highest BCUT2D eigenvalue weighted by molar-refractivity contribution is 7.93. The summed E-state index contributed by atoms with van der Waals surface area (Å²) in [4.78, 5) is 0. The van der Waals surface area contributed by atoms with Crippen LogP contribution in [0.3, 0.4) is 0 Å². The van der Waals surface area contributed by atoms with Crippen LogP contribution in [0.25, 0.3) is 22.2 Å². The van der Waals surface area contributed by atoms with Gasteiger partial charge in [0.25, 0.3) is 0 Å². The lowest BCUT2D eigenvalue weighted by molar-refractivity contribution is -0.137. The van der Waals surface area contributed by atoms with Crippen molar-refractivity contribution in [3.63, 3.8) is 0 Å². The number of benzene rings is 2. The number of nitrogens with one attached hydrogen (secondary N) is 1. The fourth-order valence-corrected chi connectivity index (χ4v) is 4.98. The number of nitriles is 1. The maximum absolute atomic E-state index is 13.2. The van der Waals surface area contributed by atoms with Crippen LogP contribution in [0.2, 0.25) is 0 Å². The second kappa shape index (κ2) is 7.06. The number of sulfonamides is 1. The third-order valence-corrected chi connectivity index (χ3v) is 7.07. The first kappa shape index (κ1) is 20.3. The van der Waals surface area contributed by atoms with E-state index in [9.17, 15) is 26.9 Å². The highest BCUT2D eigenvalue weighted by Crippen LogP contribution is 2.38. The number of halogens is 3. The van der Waals surface area contributed by atoms with Crippen molar-refractivity contribution < 1.29 is 21.6 Å². The van der Waals surface area contributed by atoms with Gasteiger partial charge < -0.3 is 4.57 Å². The molecule has 0 saturated heterocycles. The smallest absolute Gasteiger partial charge is 0.340 e. The zero-order chi connectivity index (χ0) is 21.7. The highest BCUT2D eigenvalue weighted by Gasteiger charge is 2.35. The minimum Gasteiger partial charge on any atom is -0.340 e. The van der Waals surface area contributed by atoms with Crippen molar-refractivity contribution in [3.05, 3.63) is 53.6 Å². The Balaban J connectivity index is 1.80. The number of hydrogen-bond acceptors (Lipinski definition) is 3. The SMILES string of the molecule is CCn1c(-c2ccc(NS(=O)(=O)C3CC3)cc2)c(C#N)c2ccc(C(F)(F)F)cc21. The van der Waals surface area contributed by atoms with Crippen LogP contribution in [0.5, 0.6) is 0 Å². The molecule has 1 N–H and O–H groups in total. The number of fused-ring (bicyclic) bond motifs is 1. The summed E-state index contributed by atoms with van der Waals surface area (Å²) in [6.45, 7) is 2.16. The molecule has 156 valence electrons. The molecule has 1 heterocycles. The Bertz CT molecular complexity index is 1270. The lowest BCUT2D eigenvalue weighted by Crippen LogP contribution is -2.17. The molecular formula is C21H18F3N3O2S. The molecule has 0 atom stereocenters. The van der Waals surface area contributed by atoms with Crippen molar-refractivity contribution in [2.45, 2.75) is 37.7 Å². The molecule has 0 amide bonds. The van der Waals surface area contributed by atoms with E-state index < -0.39 is 21.8 Å². The first-order chi connectivity index (χ1) is 14.2. The topological polar surface area (TPSA) is 74.9 Å². The van der Waals surface area contributed by atoms with Crippen molar-refractivity contribution in [1.29, 1.82) is 5.26 Å². The molecule has 30 heavy (non-hydrogen) atoms. The summed E-state index contributed by atoms with van der Waals surface area (Å²) >= 11 is 0. The predicted molar refractivity (Wildman–Crippen MR) is 108 cm³/mol. The van der Waals surface area contributed by atoms with E-state index in [0.717, 1.165) is 12.1 Å². The molecule has 0 aliphatic heterocycles. The van der Waals surface area contributed by atoms with Gasteiger partial charge in [0.1, 0.15) is 6.07 Å². The second-order valence-corrected chi connectivity index (χ2v) is 9.19. The van der Waals surface area contributed by atoms with Gasteiger partial charge in [0.2, 0.25) is 10.0 Å². The van der Waals surface area contributed by atoms with Gasteiger partial charge in [-0.25, -0.2) is 8.42 Å². The Morgan fingerprint density at radius 2 is 1.83 bits per heavy atom. The normalized spacial score (nSPS) is 14.6. The third kappa shape index (κ3) is 3.52. The maximum atomic E-state index is 13.2. The van der Waals surface area contributed by atoms with Gasteiger partial charge in [-0.3, -0.25) is 4.72 Å². The van der Waals surface area contributed by atoms with Crippen LogP contribution >= 0.6 is 0 Å². The molecule has 1 aliphatic carbocycles. The second-order valence-electron chi connectivity index (χ2n) is 7.23. The van der Waals surface area contributed by atoms with E-state index in [-0.39, 0.29) is 10.8 Å². The summed E-state index contributed by atoms with van der Waals surface area (Å²) in [6, 6.07) is 12.0. The largest absolute Gasteiger partial charge is 0.416 e. The molecule has 1 aliphatic rings. The van der Waals surface area contributed by atoms with E-state index in [4.69, 9.17) is 0 Å². The molecule has 5 nitrogen and oxygen atoms in total. The Morgan fingerprint density at radius 3 is 2.37 bits per heavy atom. The van der Waals surface area contributed by atoms with Gasteiger partial charge in [-0.15, -0.1) is 0 Å². The Morgan fingerprint density at radius 1 is 1.17 bits per heavy atom. The quantitative estimate of drug-likeness (QED) is 0.607. The molecule has 0 bridgehead atoms. The van der Waals surface area contributed by atoms with Crippen LogP contribution in [0, 0.1) is 11.3 Å². The van der Waals surface area contributed by atoms with Gasteiger partial charge in [0, 0.05) is 17.6 Å². The predicted octanol–water partition coefficient (Wildman–Crippen LogP) is 5.12. The molecule has 0 unspecified atom stereocenters. The minimum absolute atomic E-state index is 0.284. The number of rotatable bonds is 5. The average Bonchev–Trinajstić information content (AvgIpc) is 3.50. The molecule has 1 saturated carbocycles. The van der Waals surface area contributed by atoms with Gasteiger partial charge in [0.05, 0.1) is 27.6 Å². The summed E-state index contributed by atoms with van der Waals surface area (Å²) in [5.41, 5.74) is 1.37. The van der Waals surface area contributed by atoms with Gasteiger partial charge in [0.15, 0.2) is 0 Å². The first-order valence-electron chi connectivity index (χ1n) is 9.41. The maximum Gasteiger partial charge on any atom is 0.416 e. The summed E-state index contributed by atoms with van der Waals surface area (Å²) in [6.07, 6.45) is -3.19. The fourth-order valence-electron chi connectivity index (χ4n) is 3.59. The van der Waals surface area contributed by atoms with Crippen molar-refractivity contribution in [2.75, 3.05) is 4.72 Å². The summed E-state index contributed by atoms with van der Waals surface area (Å²) < 4.78 is 67.9. The van der Waals surface area contributed by atoms with Crippen LogP contribution in [-0.2, 0) is 22.7 Å². The molecule has 4 rings (SSSR count). The number of hydrogen-bond donors (Lipinski definition) is 1. The van der Waals surface area contributed by atoms with E-state index in [0.29, 0.717) is 47.2 Å². The highest BCUT2D eigenvalue weighted by atomic mass is 32.2. The zero-order valence-corrected chi connectivity index (χ0v) is 16.8. The van der Waals surface area contributed by atoms with E-state index in [2.05, 4.69) is 10.8 Å². The van der Waals surface area contributed by atoms with Crippen molar-refractivity contribution in [1.82, 2.24) is 4.57 Å². The van der Waals surface area contributed by atoms with Crippen LogP contribution in [0.1, 0.15) is 30.9 Å². The first-order valence-corrected chi connectivity index (χ1v) is 11.0. The van der Waals surface area contributed by atoms with Gasteiger partial charge in [-0.1, -0.05) is 18.2 Å². The van der Waals surface area contributed by atoms with Crippen molar-refractivity contribution in [3.8, 4) is 17.3 Å². The minimum atomic E-state index is -4.48. The average molecular weight is 433 g/mol. The van der Waals surface area contributed by atoms with Crippen LogP contribution in [-0.4, -0.2) is 18.2 Å². The fraction of sp³-hybridized carbons (Fsp3) is 0.286. The molecule has 0 spiro atoms. The van der Waals surface area contributed by atoms with E-state index in [1.165, 1.54) is 6.07 Å². The molecule has 2 aromatic carbocycles. The molecule has 0 radical (unpaired) electrons. The lowest BCUT2D eigenvalue weighted by Gasteiger charge is -2.11. The van der Waals surface area contributed by atoms with E-state index >= 15 is 0 Å². The third-order valence-electron chi connectivity index (χ3n) is 5.20. The van der Waals surface area contributed by atoms with Crippen LogP contribution in [0.15, 0.2) is 42.5 Å². The van der Waals surface area contributed by atoms with E-state index in [1.54, 1.807) is 35.8 Å². The number of anilines is 1. The van der Waals surface area contributed by atoms with Crippen molar-refractivity contribution >= 4 is 26.6 Å². The molecule has 9 heteroatoms. The number of nitrogens with zero attached hydrogens (tertiary/aromatic N) is 2.